The number of rotatable bonds is 2. The van der Waals surface area contributed by atoms with Crippen molar-refractivity contribution in [3.05, 3.63) is 29.6 Å². The summed E-state index contributed by atoms with van der Waals surface area (Å²) in [4.78, 5) is 15.3. The molecule has 0 atom stereocenters. The normalized spacial score (nSPS) is 15.6. The molecule has 108 valence electrons. The number of hydrogen-bond acceptors (Lipinski definition) is 3. The highest BCUT2D eigenvalue weighted by Crippen LogP contribution is 2.27. The number of ether oxygens (including phenoxy) is 1. The number of pyridine rings is 1. The highest BCUT2D eigenvalue weighted by molar-refractivity contribution is 5.87. The summed E-state index contributed by atoms with van der Waals surface area (Å²) < 4.78 is 4.84. The van der Waals surface area contributed by atoms with Crippen LogP contribution in [0.2, 0.25) is 0 Å². The molecule has 0 spiro atoms. The van der Waals surface area contributed by atoms with Gasteiger partial charge in [0.2, 0.25) is 0 Å². The molecule has 0 unspecified atom stereocenters. The van der Waals surface area contributed by atoms with Crippen LogP contribution in [-0.4, -0.2) is 17.6 Å². The van der Waals surface area contributed by atoms with Crippen LogP contribution in [0.5, 0.6) is 0 Å². The molecule has 1 aromatic rings. The molecule has 0 N–H and O–H groups in total. The number of esters is 1. The van der Waals surface area contributed by atoms with E-state index in [0.717, 1.165) is 5.56 Å². The van der Waals surface area contributed by atoms with Crippen LogP contribution in [0.3, 0.4) is 0 Å². The maximum atomic E-state index is 11.3. The summed E-state index contributed by atoms with van der Waals surface area (Å²) in [5, 5.41) is 0. The van der Waals surface area contributed by atoms with Crippen LogP contribution < -0.4 is 0 Å². The minimum absolute atomic E-state index is 0.332. The van der Waals surface area contributed by atoms with Crippen molar-refractivity contribution >= 4 is 5.97 Å². The maximum absolute atomic E-state index is 11.3. The minimum Gasteiger partial charge on any atom is -0.461 e. The molecule has 0 radical (unpaired) electrons. The van der Waals surface area contributed by atoms with E-state index in [-0.39, 0.29) is 5.97 Å². The molecule has 21 heavy (non-hydrogen) atoms. The number of carbonyl (C=O) groups is 1. The zero-order chi connectivity index (χ0) is 15.1. The third-order valence-electron chi connectivity index (χ3n) is 3.06. The molecule has 2 saturated carbocycles. The topological polar surface area (TPSA) is 39.2 Å². The molecule has 2 fully saturated rings. The average molecular weight is 281 g/mol. The van der Waals surface area contributed by atoms with Gasteiger partial charge in [-0.3, -0.25) is 0 Å². The van der Waals surface area contributed by atoms with E-state index in [1.54, 1.807) is 25.3 Å². The Morgan fingerprint density at radius 2 is 2.05 bits per heavy atom. The molecule has 0 bridgehead atoms. The van der Waals surface area contributed by atoms with Gasteiger partial charge < -0.3 is 4.74 Å². The molecule has 1 aromatic heterocycles. The van der Waals surface area contributed by atoms with Crippen LogP contribution in [0.1, 0.15) is 48.7 Å². The fourth-order valence-corrected chi connectivity index (χ4v) is 1.46. The number of carbonyl (C=O) groups excluding carboxylic acids is 1. The smallest absolute Gasteiger partial charge is 0.356 e. The van der Waals surface area contributed by atoms with Gasteiger partial charge in [0, 0.05) is 23.6 Å². The van der Waals surface area contributed by atoms with E-state index in [1.807, 2.05) is 0 Å². The highest BCUT2D eigenvalue weighted by Gasteiger charge is 2.17. The maximum Gasteiger partial charge on any atom is 0.356 e. The predicted octanol–water partition coefficient (Wildman–Crippen LogP) is 3.05. The Hall–Kier alpha value is -2.26. The molecule has 3 nitrogen and oxygen atoms in total. The van der Waals surface area contributed by atoms with Crippen LogP contribution in [0.4, 0.5) is 0 Å². The lowest BCUT2D eigenvalue weighted by atomic mass is 10.2. The van der Waals surface area contributed by atoms with Gasteiger partial charge in [-0.25, -0.2) is 9.78 Å². The van der Waals surface area contributed by atoms with Crippen molar-refractivity contribution in [2.75, 3.05) is 6.61 Å². The van der Waals surface area contributed by atoms with Gasteiger partial charge in [0.25, 0.3) is 0 Å². The van der Waals surface area contributed by atoms with Gasteiger partial charge in [-0.2, -0.15) is 0 Å². The predicted molar refractivity (Wildman–Crippen MR) is 81.4 cm³/mol. The van der Waals surface area contributed by atoms with Crippen LogP contribution in [-0.2, 0) is 4.74 Å². The molecule has 2 aliphatic carbocycles. The third-order valence-corrected chi connectivity index (χ3v) is 3.06. The van der Waals surface area contributed by atoms with E-state index in [4.69, 9.17) is 11.2 Å². The Bertz CT molecular complexity index is 578. The van der Waals surface area contributed by atoms with E-state index < -0.39 is 0 Å². The summed E-state index contributed by atoms with van der Waals surface area (Å²) in [6, 6.07) is 3.45. The highest BCUT2D eigenvalue weighted by atomic mass is 16.5. The monoisotopic (exact) mass is 281 g/mol. The summed E-state index contributed by atoms with van der Waals surface area (Å²) in [7, 11) is 0. The average Bonchev–Trinajstić information content (AvgIpc) is 3.41. The Kier molecular flexibility index (Phi) is 5.41. The lowest BCUT2D eigenvalue weighted by Crippen LogP contribution is -2.06. The number of aromatic nitrogens is 1. The number of hydrogen-bond donors (Lipinski definition) is 0. The molecule has 0 saturated heterocycles. The largest absolute Gasteiger partial charge is 0.461 e. The van der Waals surface area contributed by atoms with Crippen molar-refractivity contribution in [1.29, 1.82) is 0 Å². The summed E-state index contributed by atoms with van der Waals surface area (Å²) in [6.07, 6.45) is 11.6. The van der Waals surface area contributed by atoms with Crippen molar-refractivity contribution in [2.45, 2.75) is 32.6 Å². The van der Waals surface area contributed by atoms with Crippen LogP contribution in [0.25, 0.3) is 0 Å². The standard InChI is InChI=1S/C13H13NO2.C5H6/c1-2-16-13(15)12-8-7-11(9-14-12)6-5-10-3-4-10;1-2-5-3-4-5/h7-10H,2-4H2,1H3;1,5H,3-4H2. The molecule has 2 aliphatic rings. The van der Waals surface area contributed by atoms with Crippen molar-refractivity contribution in [3.63, 3.8) is 0 Å². The molecular formula is C18H19NO2. The number of terminal acetylenes is 1. The third kappa shape index (κ3) is 5.71. The van der Waals surface area contributed by atoms with E-state index in [2.05, 4.69) is 22.7 Å². The lowest BCUT2D eigenvalue weighted by Gasteiger charge is -1.99. The molecule has 1 heterocycles. The Labute approximate surface area is 126 Å². The van der Waals surface area contributed by atoms with Gasteiger partial charge in [-0.05, 0) is 44.7 Å². The second kappa shape index (κ2) is 7.50. The number of nitrogens with zero attached hydrogens (tertiary/aromatic N) is 1. The molecule has 3 heteroatoms. The first-order chi connectivity index (χ1) is 10.2. The zero-order valence-electron chi connectivity index (χ0n) is 12.3. The van der Waals surface area contributed by atoms with Gasteiger partial charge in [-0.1, -0.05) is 11.8 Å². The van der Waals surface area contributed by atoms with Gasteiger partial charge in [0.05, 0.1) is 6.61 Å². The fourth-order valence-electron chi connectivity index (χ4n) is 1.46. The first kappa shape index (κ1) is 15.1. The van der Waals surface area contributed by atoms with Crippen molar-refractivity contribution in [3.8, 4) is 24.2 Å². The van der Waals surface area contributed by atoms with Crippen molar-refractivity contribution < 1.29 is 9.53 Å². The SMILES string of the molecule is C#CC1CC1.CCOC(=O)c1ccc(C#CC2CC2)cn1. The zero-order valence-corrected chi connectivity index (χ0v) is 12.3. The fraction of sp³-hybridized carbons (Fsp3) is 0.444. The van der Waals surface area contributed by atoms with E-state index in [0.29, 0.717) is 24.1 Å². The van der Waals surface area contributed by atoms with Crippen LogP contribution in [0.15, 0.2) is 18.3 Å². The van der Waals surface area contributed by atoms with Crippen molar-refractivity contribution in [2.24, 2.45) is 11.8 Å². The Morgan fingerprint density at radius 1 is 1.33 bits per heavy atom. The van der Waals surface area contributed by atoms with Crippen molar-refractivity contribution in [1.82, 2.24) is 4.98 Å². The summed E-state index contributed by atoms with van der Waals surface area (Å²) in [6.45, 7) is 2.14. The first-order valence-corrected chi connectivity index (χ1v) is 7.33. The summed E-state index contributed by atoms with van der Waals surface area (Å²) in [5.74, 6) is 9.67. The van der Waals surface area contributed by atoms with Gasteiger partial charge in [0.1, 0.15) is 5.69 Å². The second-order valence-electron chi connectivity index (χ2n) is 5.14. The van der Waals surface area contributed by atoms with Gasteiger partial charge >= 0.3 is 5.97 Å². The first-order valence-electron chi connectivity index (χ1n) is 7.33. The van der Waals surface area contributed by atoms with Crippen LogP contribution >= 0.6 is 0 Å². The quantitative estimate of drug-likeness (QED) is 0.618. The van der Waals surface area contributed by atoms with Gasteiger partial charge in [0.15, 0.2) is 0 Å². The van der Waals surface area contributed by atoms with Crippen LogP contribution in [0, 0.1) is 36.0 Å². The van der Waals surface area contributed by atoms with E-state index in [9.17, 15) is 4.79 Å². The van der Waals surface area contributed by atoms with E-state index >= 15 is 0 Å². The Morgan fingerprint density at radius 3 is 2.48 bits per heavy atom. The Balaban J connectivity index is 0.000000272. The molecule has 3 rings (SSSR count). The molecule has 0 amide bonds. The van der Waals surface area contributed by atoms with Gasteiger partial charge in [-0.15, -0.1) is 12.3 Å². The van der Waals surface area contributed by atoms with E-state index in [1.165, 1.54) is 25.7 Å². The second-order valence-corrected chi connectivity index (χ2v) is 5.14. The molecule has 0 aromatic carbocycles. The molecular weight excluding hydrogens is 262 g/mol. The summed E-state index contributed by atoms with van der Waals surface area (Å²) >= 11 is 0. The minimum atomic E-state index is -0.385. The summed E-state index contributed by atoms with van der Waals surface area (Å²) in [5.41, 5.74) is 1.18. The lowest BCUT2D eigenvalue weighted by molar-refractivity contribution is 0.0519. The molecule has 0 aliphatic heterocycles.